The lowest BCUT2D eigenvalue weighted by molar-refractivity contribution is 0.136. The SMILES string of the molecule is CCOCCN(C)S(=O)(=O)N1CCCCC1CCl. The summed E-state index contributed by atoms with van der Waals surface area (Å²) in [4.78, 5) is 0. The van der Waals surface area contributed by atoms with E-state index in [1.165, 1.54) is 8.61 Å². The lowest BCUT2D eigenvalue weighted by Gasteiger charge is -2.36. The van der Waals surface area contributed by atoms with Crippen molar-refractivity contribution in [2.24, 2.45) is 0 Å². The lowest BCUT2D eigenvalue weighted by Crippen LogP contribution is -2.50. The van der Waals surface area contributed by atoms with E-state index in [4.69, 9.17) is 16.3 Å². The summed E-state index contributed by atoms with van der Waals surface area (Å²) in [6.07, 6.45) is 2.81. The molecule has 0 radical (unpaired) electrons. The van der Waals surface area contributed by atoms with Crippen LogP contribution in [-0.4, -0.2) is 62.3 Å². The van der Waals surface area contributed by atoms with Crippen LogP contribution in [0.15, 0.2) is 0 Å². The Hall–Kier alpha value is 0.120. The van der Waals surface area contributed by atoms with Gasteiger partial charge in [0.25, 0.3) is 10.2 Å². The maximum Gasteiger partial charge on any atom is 0.282 e. The Morgan fingerprint density at radius 3 is 2.78 bits per heavy atom. The van der Waals surface area contributed by atoms with Gasteiger partial charge >= 0.3 is 0 Å². The van der Waals surface area contributed by atoms with Crippen LogP contribution >= 0.6 is 11.6 Å². The highest BCUT2D eigenvalue weighted by molar-refractivity contribution is 7.86. The fourth-order valence-electron chi connectivity index (χ4n) is 2.06. The average Bonchev–Trinajstić information content (AvgIpc) is 2.38. The molecule has 0 bridgehead atoms. The average molecular weight is 299 g/mol. The molecule has 0 amide bonds. The Kier molecular flexibility index (Phi) is 6.87. The molecule has 5 nitrogen and oxygen atoms in total. The van der Waals surface area contributed by atoms with Gasteiger partial charge in [-0.2, -0.15) is 17.0 Å². The number of halogens is 1. The molecular formula is C11H23ClN2O3S. The molecule has 1 aliphatic rings. The van der Waals surface area contributed by atoms with Crippen LogP contribution in [-0.2, 0) is 14.9 Å². The third-order valence-electron chi connectivity index (χ3n) is 3.20. The van der Waals surface area contributed by atoms with Gasteiger partial charge in [0.1, 0.15) is 0 Å². The molecule has 0 saturated carbocycles. The third kappa shape index (κ3) is 4.06. The molecule has 1 aliphatic heterocycles. The molecule has 0 aliphatic carbocycles. The van der Waals surface area contributed by atoms with Gasteiger partial charge in [-0.05, 0) is 19.8 Å². The second-order valence-electron chi connectivity index (χ2n) is 4.44. The van der Waals surface area contributed by atoms with Crippen LogP contribution in [0.3, 0.4) is 0 Å². The first kappa shape index (κ1) is 16.2. The van der Waals surface area contributed by atoms with E-state index in [1.807, 2.05) is 6.92 Å². The van der Waals surface area contributed by atoms with E-state index in [9.17, 15) is 8.42 Å². The number of alkyl halides is 1. The number of nitrogens with zero attached hydrogens (tertiary/aromatic N) is 2. The van der Waals surface area contributed by atoms with E-state index in [2.05, 4.69) is 0 Å². The van der Waals surface area contributed by atoms with Gasteiger partial charge in [-0.1, -0.05) is 6.42 Å². The highest BCUT2D eigenvalue weighted by atomic mass is 35.5. The lowest BCUT2D eigenvalue weighted by atomic mass is 10.1. The van der Waals surface area contributed by atoms with Gasteiger partial charge in [-0.3, -0.25) is 0 Å². The smallest absolute Gasteiger partial charge is 0.282 e. The normalized spacial score (nSPS) is 22.6. The molecule has 0 spiro atoms. The molecule has 7 heteroatoms. The van der Waals surface area contributed by atoms with Crippen LogP contribution in [0.25, 0.3) is 0 Å². The van der Waals surface area contributed by atoms with Crippen molar-refractivity contribution in [3.8, 4) is 0 Å². The van der Waals surface area contributed by atoms with Crippen molar-refractivity contribution in [2.75, 3.05) is 39.2 Å². The number of hydrogen-bond donors (Lipinski definition) is 0. The zero-order chi connectivity index (χ0) is 13.6. The van der Waals surface area contributed by atoms with Crippen molar-refractivity contribution >= 4 is 21.8 Å². The van der Waals surface area contributed by atoms with E-state index < -0.39 is 10.2 Å². The molecule has 0 aromatic heterocycles. The summed E-state index contributed by atoms with van der Waals surface area (Å²) >= 11 is 5.86. The minimum atomic E-state index is -3.40. The van der Waals surface area contributed by atoms with Crippen LogP contribution in [0.5, 0.6) is 0 Å². The summed E-state index contributed by atoms with van der Waals surface area (Å²) in [5.41, 5.74) is 0. The molecule has 1 fully saturated rings. The van der Waals surface area contributed by atoms with E-state index in [0.717, 1.165) is 19.3 Å². The van der Waals surface area contributed by atoms with E-state index in [1.54, 1.807) is 7.05 Å². The molecule has 1 rings (SSSR count). The van der Waals surface area contributed by atoms with Crippen molar-refractivity contribution in [1.82, 2.24) is 8.61 Å². The summed E-state index contributed by atoms with van der Waals surface area (Å²) in [7, 11) is -1.81. The van der Waals surface area contributed by atoms with Crippen LogP contribution in [0, 0.1) is 0 Å². The quantitative estimate of drug-likeness (QED) is 0.526. The fourth-order valence-corrected chi connectivity index (χ4v) is 4.05. The van der Waals surface area contributed by atoms with Crippen molar-refractivity contribution in [3.05, 3.63) is 0 Å². The largest absolute Gasteiger partial charge is 0.380 e. The monoisotopic (exact) mass is 298 g/mol. The minimum absolute atomic E-state index is 0.0695. The summed E-state index contributed by atoms with van der Waals surface area (Å²) < 4.78 is 32.9. The Morgan fingerprint density at radius 1 is 1.44 bits per heavy atom. The maximum absolute atomic E-state index is 12.4. The fraction of sp³-hybridized carbons (Fsp3) is 1.00. The van der Waals surface area contributed by atoms with Gasteiger partial charge in [0, 0.05) is 38.7 Å². The minimum Gasteiger partial charge on any atom is -0.380 e. The number of ether oxygens (including phenoxy) is 1. The van der Waals surface area contributed by atoms with Crippen molar-refractivity contribution in [2.45, 2.75) is 32.2 Å². The van der Waals surface area contributed by atoms with E-state index in [0.29, 0.717) is 32.2 Å². The molecule has 18 heavy (non-hydrogen) atoms. The predicted octanol–water partition coefficient (Wildman–Crippen LogP) is 1.29. The number of hydrogen-bond acceptors (Lipinski definition) is 3. The van der Waals surface area contributed by atoms with E-state index in [-0.39, 0.29) is 6.04 Å². The molecule has 0 N–H and O–H groups in total. The number of likely N-dealkylation sites (N-methyl/N-ethyl adjacent to an activating group) is 1. The van der Waals surface area contributed by atoms with Crippen LogP contribution in [0.1, 0.15) is 26.2 Å². The molecule has 0 aromatic rings. The Bertz CT molecular complexity index is 337. The summed E-state index contributed by atoms with van der Waals surface area (Å²) in [5, 5.41) is 0. The van der Waals surface area contributed by atoms with E-state index >= 15 is 0 Å². The number of rotatable bonds is 7. The Balaban J connectivity index is 2.65. The highest BCUT2D eigenvalue weighted by Gasteiger charge is 2.34. The van der Waals surface area contributed by atoms with Gasteiger partial charge in [0.15, 0.2) is 0 Å². The summed E-state index contributed by atoms with van der Waals surface area (Å²) in [6.45, 7) is 3.86. The first-order valence-electron chi connectivity index (χ1n) is 6.40. The first-order chi connectivity index (χ1) is 8.54. The highest BCUT2D eigenvalue weighted by Crippen LogP contribution is 2.22. The van der Waals surface area contributed by atoms with Crippen LogP contribution in [0.4, 0.5) is 0 Å². The predicted molar refractivity (Wildman–Crippen MR) is 73.1 cm³/mol. The summed E-state index contributed by atoms with van der Waals surface area (Å²) in [5.74, 6) is 0.360. The van der Waals surface area contributed by atoms with Crippen molar-refractivity contribution in [3.63, 3.8) is 0 Å². The molecule has 1 atom stereocenters. The summed E-state index contributed by atoms with van der Waals surface area (Å²) in [6, 6.07) is -0.0695. The number of piperidine rings is 1. The third-order valence-corrected chi connectivity index (χ3v) is 5.60. The maximum atomic E-state index is 12.4. The Morgan fingerprint density at radius 2 is 2.17 bits per heavy atom. The van der Waals surface area contributed by atoms with Gasteiger partial charge in [0.05, 0.1) is 6.61 Å². The Labute approximate surface area is 115 Å². The first-order valence-corrected chi connectivity index (χ1v) is 8.34. The zero-order valence-corrected chi connectivity index (χ0v) is 12.7. The van der Waals surface area contributed by atoms with Crippen molar-refractivity contribution < 1.29 is 13.2 Å². The molecule has 1 saturated heterocycles. The van der Waals surface area contributed by atoms with Crippen molar-refractivity contribution in [1.29, 1.82) is 0 Å². The molecular weight excluding hydrogens is 276 g/mol. The molecule has 1 heterocycles. The van der Waals surface area contributed by atoms with Gasteiger partial charge in [-0.25, -0.2) is 0 Å². The van der Waals surface area contributed by atoms with Gasteiger partial charge in [0.2, 0.25) is 0 Å². The molecule has 1 unspecified atom stereocenters. The molecule has 108 valence electrons. The second kappa shape index (κ2) is 7.65. The standard InChI is InChI=1S/C11H23ClN2O3S/c1-3-17-9-8-13(2)18(15,16)14-7-5-4-6-11(14)10-12/h11H,3-10H2,1-2H3. The van der Waals surface area contributed by atoms with Crippen LogP contribution < -0.4 is 0 Å². The van der Waals surface area contributed by atoms with Crippen LogP contribution in [0.2, 0.25) is 0 Å². The molecule has 0 aromatic carbocycles. The topological polar surface area (TPSA) is 49.9 Å². The van der Waals surface area contributed by atoms with Gasteiger partial charge in [-0.15, -0.1) is 11.6 Å². The second-order valence-corrected chi connectivity index (χ2v) is 6.74. The zero-order valence-electron chi connectivity index (χ0n) is 11.1. The van der Waals surface area contributed by atoms with Gasteiger partial charge < -0.3 is 4.74 Å².